The Hall–Kier alpha value is -1.96. The number of hydrogen-bond acceptors (Lipinski definition) is 4. The van der Waals surface area contributed by atoms with Gasteiger partial charge < -0.3 is 11.1 Å². The molecular weight excluding hydrogens is 168 g/mol. The zero-order valence-electron chi connectivity index (χ0n) is 6.87. The fraction of sp³-hybridized carbons (Fsp3) is 0.250. The van der Waals surface area contributed by atoms with Crippen molar-refractivity contribution in [3.8, 4) is 6.07 Å². The second-order valence-corrected chi connectivity index (χ2v) is 2.86. The molecule has 1 aromatic rings. The van der Waals surface area contributed by atoms with E-state index in [0.29, 0.717) is 18.9 Å². The number of nitrogens with zero attached hydrogens (tertiary/aromatic N) is 2. The van der Waals surface area contributed by atoms with Crippen LogP contribution in [-0.2, 0) is 6.54 Å². The van der Waals surface area contributed by atoms with E-state index in [1.54, 1.807) is 6.07 Å². The molecule has 5 nitrogen and oxygen atoms in total. The topological polar surface area (TPSA) is 83.8 Å². The van der Waals surface area contributed by atoms with Crippen molar-refractivity contribution < 1.29 is 0 Å². The van der Waals surface area contributed by atoms with E-state index in [9.17, 15) is 4.79 Å². The smallest absolute Gasteiger partial charge is 0.272 e. The monoisotopic (exact) mass is 176 g/mol. The lowest BCUT2D eigenvalue weighted by atomic mass is 10.2. The molecule has 0 bridgehead atoms. The normalized spacial score (nSPS) is 13.2. The molecule has 0 radical (unpaired) electrons. The van der Waals surface area contributed by atoms with Gasteiger partial charge in [0.15, 0.2) is 0 Å². The molecule has 2 rings (SSSR count). The van der Waals surface area contributed by atoms with E-state index in [1.165, 1.54) is 4.57 Å². The maximum atomic E-state index is 11.5. The van der Waals surface area contributed by atoms with Crippen LogP contribution in [-0.4, -0.2) is 11.1 Å². The summed E-state index contributed by atoms with van der Waals surface area (Å²) < 4.78 is 1.52. The Kier molecular flexibility index (Phi) is 1.49. The fourth-order valence-corrected chi connectivity index (χ4v) is 1.44. The first-order chi connectivity index (χ1) is 6.24. The minimum atomic E-state index is -0.303. The lowest BCUT2D eigenvalue weighted by molar-refractivity contribution is 0.771. The average Bonchev–Trinajstić information content (AvgIpc) is 2.53. The molecule has 5 heteroatoms. The number of nitrogens with two attached hydrogens (primary N) is 1. The molecule has 13 heavy (non-hydrogen) atoms. The standard InChI is InChI=1S/C8H8N4O/c9-4-5-6(10)3-7-11-1-2-12(7)8(5)13/h3,11H,1-2,10H2. The predicted octanol–water partition coefficient (Wildman–Crippen LogP) is -0.272. The summed E-state index contributed by atoms with van der Waals surface area (Å²) in [6, 6.07) is 3.43. The average molecular weight is 176 g/mol. The Bertz CT molecular complexity index is 454. The molecule has 3 N–H and O–H groups in total. The molecule has 0 amide bonds. The van der Waals surface area contributed by atoms with Gasteiger partial charge in [-0.25, -0.2) is 0 Å². The van der Waals surface area contributed by atoms with Gasteiger partial charge in [-0.15, -0.1) is 0 Å². The maximum absolute atomic E-state index is 11.5. The molecule has 0 aliphatic carbocycles. The predicted molar refractivity (Wildman–Crippen MR) is 48.3 cm³/mol. The number of pyridine rings is 1. The molecule has 0 aromatic carbocycles. The minimum Gasteiger partial charge on any atom is -0.397 e. The van der Waals surface area contributed by atoms with E-state index < -0.39 is 0 Å². The third kappa shape index (κ3) is 0.957. The summed E-state index contributed by atoms with van der Waals surface area (Å²) in [6.45, 7) is 1.31. The van der Waals surface area contributed by atoms with Crippen LogP contribution >= 0.6 is 0 Å². The first-order valence-electron chi connectivity index (χ1n) is 3.91. The summed E-state index contributed by atoms with van der Waals surface area (Å²) in [4.78, 5) is 11.5. The van der Waals surface area contributed by atoms with Crippen LogP contribution in [0.4, 0.5) is 11.5 Å². The van der Waals surface area contributed by atoms with Gasteiger partial charge in [-0.2, -0.15) is 5.26 Å². The Morgan fingerprint density at radius 3 is 3.15 bits per heavy atom. The number of nitriles is 1. The van der Waals surface area contributed by atoms with Crippen molar-refractivity contribution in [3.63, 3.8) is 0 Å². The van der Waals surface area contributed by atoms with Crippen molar-refractivity contribution in [2.24, 2.45) is 0 Å². The van der Waals surface area contributed by atoms with Gasteiger partial charge in [-0.3, -0.25) is 9.36 Å². The van der Waals surface area contributed by atoms with Gasteiger partial charge in [-0.05, 0) is 0 Å². The van der Waals surface area contributed by atoms with E-state index in [2.05, 4.69) is 5.32 Å². The van der Waals surface area contributed by atoms with Crippen molar-refractivity contribution in [1.82, 2.24) is 4.57 Å². The quantitative estimate of drug-likeness (QED) is 0.569. The first-order valence-corrected chi connectivity index (χ1v) is 3.91. The SMILES string of the molecule is N#Cc1c(N)cc2n(c1=O)CCN2. The van der Waals surface area contributed by atoms with E-state index >= 15 is 0 Å². The van der Waals surface area contributed by atoms with E-state index in [4.69, 9.17) is 11.0 Å². The van der Waals surface area contributed by atoms with Crippen molar-refractivity contribution in [3.05, 3.63) is 22.0 Å². The Balaban J connectivity index is 2.79. The molecule has 1 aliphatic heterocycles. The number of aromatic nitrogens is 1. The molecule has 0 atom stereocenters. The number of anilines is 2. The first kappa shape index (κ1) is 7.68. The van der Waals surface area contributed by atoms with Crippen molar-refractivity contribution in [1.29, 1.82) is 5.26 Å². The molecule has 1 aromatic heterocycles. The lowest BCUT2D eigenvalue weighted by Crippen LogP contribution is -2.21. The minimum absolute atomic E-state index is 0.0347. The van der Waals surface area contributed by atoms with Crippen LogP contribution in [0.2, 0.25) is 0 Å². The number of rotatable bonds is 0. The summed E-state index contributed by atoms with van der Waals surface area (Å²) in [5, 5.41) is 11.7. The van der Waals surface area contributed by atoms with E-state index in [0.717, 1.165) is 0 Å². The molecule has 0 spiro atoms. The summed E-state index contributed by atoms with van der Waals surface area (Å²) in [5.41, 5.74) is 5.50. The summed E-state index contributed by atoms with van der Waals surface area (Å²) in [5.74, 6) is 0.696. The van der Waals surface area contributed by atoms with Crippen LogP contribution in [0, 0.1) is 11.3 Å². The summed E-state index contributed by atoms with van der Waals surface area (Å²) >= 11 is 0. The molecule has 0 saturated carbocycles. The molecule has 2 heterocycles. The van der Waals surface area contributed by atoms with Gasteiger partial charge >= 0.3 is 0 Å². The zero-order valence-corrected chi connectivity index (χ0v) is 6.87. The summed E-state index contributed by atoms with van der Waals surface area (Å²) in [7, 11) is 0. The van der Waals surface area contributed by atoms with Crippen molar-refractivity contribution in [2.75, 3.05) is 17.6 Å². The molecule has 0 unspecified atom stereocenters. The van der Waals surface area contributed by atoms with Gasteiger partial charge in [0.2, 0.25) is 0 Å². The van der Waals surface area contributed by atoms with Crippen molar-refractivity contribution >= 4 is 11.5 Å². The number of nitrogen functional groups attached to an aromatic ring is 1. The number of nitrogens with one attached hydrogen (secondary N) is 1. The Labute approximate surface area is 74.4 Å². The van der Waals surface area contributed by atoms with Crippen LogP contribution in [0.15, 0.2) is 10.9 Å². The summed E-state index contributed by atoms with van der Waals surface area (Å²) in [6.07, 6.45) is 0. The molecule has 0 fully saturated rings. The van der Waals surface area contributed by atoms with Crippen LogP contribution in [0.25, 0.3) is 0 Å². The second-order valence-electron chi connectivity index (χ2n) is 2.86. The van der Waals surface area contributed by atoms with Crippen LogP contribution < -0.4 is 16.6 Å². The van der Waals surface area contributed by atoms with Gasteiger partial charge in [-0.1, -0.05) is 0 Å². The fourth-order valence-electron chi connectivity index (χ4n) is 1.44. The Morgan fingerprint density at radius 1 is 1.69 bits per heavy atom. The third-order valence-electron chi connectivity index (χ3n) is 2.08. The highest BCUT2D eigenvalue weighted by Crippen LogP contribution is 2.16. The van der Waals surface area contributed by atoms with E-state index in [-0.39, 0.29) is 16.8 Å². The maximum Gasteiger partial charge on any atom is 0.272 e. The number of hydrogen-bond donors (Lipinski definition) is 2. The van der Waals surface area contributed by atoms with Crippen LogP contribution in [0.5, 0.6) is 0 Å². The molecular formula is C8H8N4O. The Morgan fingerprint density at radius 2 is 2.46 bits per heavy atom. The highest BCUT2D eigenvalue weighted by molar-refractivity contribution is 5.60. The van der Waals surface area contributed by atoms with Gasteiger partial charge in [0.05, 0.1) is 5.69 Å². The van der Waals surface area contributed by atoms with Crippen molar-refractivity contribution in [2.45, 2.75) is 6.54 Å². The van der Waals surface area contributed by atoms with Gasteiger partial charge in [0.25, 0.3) is 5.56 Å². The lowest BCUT2D eigenvalue weighted by Gasteiger charge is -2.04. The molecule has 66 valence electrons. The van der Waals surface area contributed by atoms with Crippen LogP contribution in [0.3, 0.4) is 0 Å². The molecule has 0 saturated heterocycles. The highest BCUT2D eigenvalue weighted by atomic mass is 16.1. The highest BCUT2D eigenvalue weighted by Gasteiger charge is 2.15. The second kappa shape index (κ2) is 2.52. The van der Waals surface area contributed by atoms with E-state index in [1.807, 2.05) is 6.07 Å². The number of fused-ring (bicyclic) bond motifs is 1. The largest absolute Gasteiger partial charge is 0.397 e. The zero-order chi connectivity index (χ0) is 9.42. The third-order valence-corrected chi connectivity index (χ3v) is 2.08. The van der Waals surface area contributed by atoms with Gasteiger partial charge in [0.1, 0.15) is 17.5 Å². The molecule has 1 aliphatic rings. The van der Waals surface area contributed by atoms with Gasteiger partial charge in [0, 0.05) is 19.2 Å². The van der Waals surface area contributed by atoms with Crippen LogP contribution in [0.1, 0.15) is 5.56 Å².